The van der Waals surface area contributed by atoms with Gasteiger partial charge in [0.05, 0.1) is 2.88 Å². The van der Waals surface area contributed by atoms with E-state index in [2.05, 4.69) is 63.0 Å². The number of halogens is 2. The van der Waals surface area contributed by atoms with E-state index in [4.69, 9.17) is 0 Å². The highest BCUT2D eigenvalue weighted by atomic mass is 127. The standard InChI is InChI=1S/C10H8BrIS2/c1-13-8-2-6-4-9(12)14-10(6)7(3-8)5-11/h2-4H,5H2,1H3. The van der Waals surface area contributed by atoms with Crippen LogP contribution in [-0.4, -0.2) is 6.26 Å². The maximum atomic E-state index is 3.55. The van der Waals surface area contributed by atoms with E-state index in [0.717, 1.165) is 5.33 Å². The van der Waals surface area contributed by atoms with Gasteiger partial charge in [-0.05, 0) is 58.0 Å². The Balaban J connectivity index is 2.72. The van der Waals surface area contributed by atoms with Crippen molar-refractivity contribution in [1.29, 1.82) is 0 Å². The zero-order valence-corrected chi connectivity index (χ0v) is 12.9. The number of thiophene rings is 1. The van der Waals surface area contributed by atoms with Crippen LogP contribution in [0.3, 0.4) is 0 Å². The SMILES string of the molecule is CSc1cc(CBr)c2sc(I)cc2c1. The van der Waals surface area contributed by atoms with E-state index >= 15 is 0 Å². The molecule has 0 N–H and O–H groups in total. The zero-order chi connectivity index (χ0) is 10.1. The summed E-state index contributed by atoms with van der Waals surface area (Å²) in [7, 11) is 0. The second-order valence-electron chi connectivity index (χ2n) is 2.89. The first-order valence-corrected chi connectivity index (χ1v) is 8.30. The van der Waals surface area contributed by atoms with E-state index in [1.165, 1.54) is 23.4 Å². The molecule has 0 spiro atoms. The Morgan fingerprint density at radius 1 is 1.43 bits per heavy atom. The van der Waals surface area contributed by atoms with Crippen LogP contribution in [0, 0.1) is 2.88 Å². The van der Waals surface area contributed by atoms with E-state index in [-0.39, 0.29) is 0 Å². The fourth-order valence-electron chi connectivity index (χ4n) is 1.38. The Morgan fingerprint density at radius 2 is 2.21 bits per heavy atom. The van der Waals surface area contributed by atoms with Crippen molar-refractivity contribution >= 4 is 71.7 Å². The summed E-state index contributed by atoms with van der Waals surface area (Å²) in [5.41, 5.74) is 1.40. The quantitative estimate of drug-likeness (QED) is 0.384. The second kappa shape index (κ2) is 4.72. The molecule has 0 aliphatic heterocycles. The van der Waals surface area contributed by atoms with Gasteiger partial charge in [-0.15, -0.1) is 23.1 Å². The van der Waals surface area contributed by atoms with Gasteiger partial charge in [0.1, 0.15) is 0 Å². The van der Waals surface area contributed by atoms with Gasteiger partial charge in [0, 0.05) is 14.9 Å². The molecule has 1 aromatic heterocycles. The molecular weight excluding hydrogens is 391 g/mol. The Labute approximate surface area is 114 Å². The van der Waals surface area contributed by atoms with Crippen LogP contribution in [-0.2, 0) is 5.33 Å². The maximum absolute atomic E-state index is 3.55. The lowest BCUT2D eigenvalue weighted by molar-refractivity contribution is 1.41. The highest BCUT2D eigenvalue weighted by Gasteiger charge is 2.06. The van der Waals surface area contributed by atoms with Crippen LogP contribution in [0.25, 0.3) is 10.1 Å². The van der Waals surface area contributed by atoms with Crippen molar-refractivity contribution in [2.24, 2.45) is 0 Å². The molecule has 2 aromatic rings. The van der Waals surface area contributed by atoms with Crippen molar-refractivity contribution in [3.05, 3.63) is 26.6 Å². The van der Waals surface area contributed by atoms with Crippen molar-refractivity contribution in [1.82, 2.24) is 0 Å². The molecule has 74 valence electrons. The molecule has 0 aliphatic carbocycles. The zero-order valence-electron chi connectivity index (χ0n) is 7.51. The molecule has 0 unspecified atom stereocenters. The van der Waals surface area contributed by atoms with E-state index in [1.54, 1.807) is 11.8 Å². The summed E-state index contributed by atoms with van der Waals surface area (Å²) in [6, 6.07) is 6.80. The van der Waals surface area contributed by atoms with Gasteiger partial charge in [-0.25, -0.2) is 0 Å². The summed E-state index contributed by atoms with van der Waals surface area (Å²) in [4.78, 5) is 1.35. The summed E-state index contributed by atoms with van der Waals surface area (Å²) >= 11 is 9.61. The predicted molar refractivity (Wildman–Crippen MR) is 79.0 cm³/mol. The minimum atomic E-state index is 0.939. The first-order chi connectivity index (χ1) is 6.74. The Hall–Kier alpha value is 0.740. The lowest BCUT2D eigenvalue weighted by atomic mass is 10.2. The number of rotatable bonds is 2. The number of fused-ring (bicyclic) bond motifs is 1. The summed E-state index contributed by atoms with van der Waals surface area (Å²) in [6.45, 7) is 0. The fourth-order valence-corrected chi connectivity index (χ4v) is 4.39. The van der Waals surface area contributed by atoms with Crippen LogP contribution in [0.15, 0.2) is 23.1 Å². The van der Waals surface area contributed by atoms with Gasteiger partial charge >= 0.3 is 0 Å². The van der Waals surface area contributed by atoms with Gasteiger partial charge < -0.3 is 0 Å². The lowest BCUT2D eigenvalue weighted by Gasteiger charge is -2.01. The Morgan fingerprint density at radius 3 is 2.86 bits per heavy atom. The normalized spacial score (nSPS) is 11.1. The molecule has 0 atom stereocenters. The summed E-state index contributed by atoms with van der Waals surface area (Å²) < 4.78 is 2.78. The summed E-state index contributed by atoms with van der Waals surface area (Å²) in [6.07, 6.45) is 2.12. The molecule has 14 heavy (non-hydrogen) atoms. The molecule has 0 saturated carbocycles. The predicted octanol–water partition coefficient (Wildman–Crippen LogP) is 5.12. The minimum Gasteiger partial charge on any atom is -0.130 e. The smallest absolute Gasteiger partial charge is 0.0666 e. The third kappa shape index (κ3) is 2.13. The van der Waals surface area contributed by atoms with Gasteiger partial charge in [-0.1, -0.05) is 15.9 Å². The molecule has 0 radical (unpaired) electrons. The third-order valence-electron chi connectivity index (χ3n) is 2.02. The van der Waals surface area contributed by atoms with Crippen LogP contribution in [0.1, 0.15) is 5.56 Å². The van der Waals surface area contributed by atoms with Crippen LogP contribution in [0.2, 0.25) is 0 Å². The Kier molecular flexibility index (Phi) is 3.79. The molecule has 0 saturated heterocycles. The maximum Gasteiger partial charge on any atom is 0.0666 e. The third-order valence-corrected chi connectivity index (χ3v) is 5.31. The van der Waals surface area contributed by atoms with Crippen molar-refractivity contribution in [3.8, 4) is 0 Å². The van der Waals surface area contributed by atoms with Crippen molar-refractivity contribution in [2.45, 2.75) is 10.2 Å². The summed E-state index contributed by atoms with van der Waals surface area (Å²) in [5.74, 6) is 0. The summed E-state index contributed by atoms with van der Waals surface area (Å²) in [5, 5.41) is 2.31. The number of hydrogen-bond acceptors (Lipinski definition) is 2. The van der Waals surface area contributed by atoms with E-state index in [1.807, 2.05) is 11.3 Å². The van der Waals surface area contributed by atoms with E-state index < -0.39 is 0 Å². The van der Waals surface area contributed by atoms with Gasteiger partial charge in [-0.3, -0.25) is 0 Å². The topological polar surface area (TPSA) is 0 Å². The average molecular weight is 399 g/mol. The highest BCUT2D eigenvalue weighted by Crippen LogP contribution is 2.34. The first kappa shape index (κ1) is 11.2. The molecule has 1 heterocycles. The minimum absolute atomic E-state index is 0.939. The Bertz CT molecular complexity index is 464. The van der Waals surface area contributed by atoms with Crippen molar-refractivity contribution in [2.75, 3.05) is 6.26 Å². The van der Waals surface area contributed by atoms with Gasteiger partial charge in [-0.2, -0.15) is 0 Å². The first-order valence-electron chi connectivity index (χ1n) is 4.06. The van der Waals surface area contributed by atoms with Crippen LogP contribution < -0.4 is 0 Å². The van der Waals surface area contributed by atoms with Crippen LogP contribution in [0.5, 0.6) is 0 Å². The number of hydrogen-bond donors (Lipinski definition) is 0. The van der Waals surface area contributed by atoms with E-state index in [9.17, 15) is 0 Å². The van der Waals surface area contributed by atoms with Gasteiger partial charge in [0.2, 0.25) is 0 Å². The molecule has 0 amide bonds. The molecule has 0 nitrogen and oxygen atoms in total. The van der Waals surface area contributed by atoms with Crippen LogP contribution in [0.4, 0.5) is 0 Å². The number of thioether (sulfide) groups is 1. The lowest BCUT2D eigenvalue weighted by Crippen LogP contribution is -1.79. The molecule has 0 aliphatic rings. The molecule has 0 fully saturated rings. The number of alkyl halides is 1. The van der Waals surface area contributed by atoms with Crippen LogP contribution >= 0.6 is 61.6 Å². The van der Waals surface area contributed by atoms with Gasteiger partial charge in [0.15, 0.2) is 0 Å². The molecule has 2 rings (SSSR count). The van der Waals surface area contributed by atoms with Gasteiger partial charge in [0.25, 0.3) is 0 Å². The molecular formula is C10H8BrIS2. The van der Waals surface area contributed by atoms with Crippen molar-refractivity contribution in [3.63, 3.8) is 0 Å². The van der Waals surface area contributed by atoms with E-state index in [0.29, 0.717) is 0 Å². The average Bonchev–Trinajstić information content (AvgIpc) is 2.56. The molecule has 0 bridgehead atoms. The second-order valence-corrected chi connectivity index (χ2v) is 7.28. The molecule has 1 aromatic carbocycles. The largest absolute Gasteiger partial charge is 0.130 e. The van der Waals surface area contributed by atoms with Crippen molar-refractivity contribution < 1.29 is 0 Å². The number of benzene rings is 1. The fraction of sp³-hybridized carbons (Fsp3) is 0.200. The highest BCUT2D eigenvalue weighted by molar-refractivity contribution is 14.1. The molecule has 4 heteroatoms. The monoisotopic (exact) mass is 398 g/mol.